The highest BCUT2D eigenvalue weighted by Gasteiger charge is 1.97. The van der Waals surface area contributed by atoms with Gasteiger partial charge >= 0.3 is 0 Å². The van der Waals surface area contributed by atoms with E-state index in [0.717, 1.165) is 39.3 Å². The lowest BCUT2D eigenvalue weighted by Gasteiger charge is -2.17. The molecular weight excluding hydrogens is 164 g/mol. The van der Waals surface area contributed by atoms with E-state index in [9.17, 15) is 0 Å². The molecule has 0 heterocycles. The summed E-state index contributed by atoms with van der Waals surface area (Å²) in [4.78, 5) is 2.22. The van der Waals surface area contributed by atoms with E-state index < -0.39 is 0 Å². The Morgan fingerprint density at radius 3 is 2.77 bits per heavy atom. The molecule has 0 saturated carbocycles. The predicted molar refractivity (Wildman–Crippen MR) is 55.7 cm³/mol. The Morgan fingerprint density at radius 1 is 1.46 bits per heavy atom. The zero-order chi connectivity index (χ0) is 9.94. The molecule has 76 valence electrons. The van der Waals surface area contributed by atoms with Gasteiger partial charge in [0.1, 0.15) is 0 Å². The van der Waals surface area contributed by atoms with Crippen molar-refractivity contribution in [3.63, 3.8) is 0 Å². The second kappa shape index (κ2) is 9.53. The van der Waals surface area contributed by atoms with Gasteiger partial charge in [0.05, 0.1) is 13.2 Å². The first-order valence-electron chi connectivity index (χ1n) is 4.70. The first kappa shape index (κ1) is 12.4. The minimum atomic E-state index is 0.739. The molecule has 0 aromatic heterocycles. The van der Waals surface area contributed by atoms with Crippen molar-refractivity contribution in [3.05, 3.63) is 0 Å². The van der Waals surface area contributed by atoms with Gasteiger partial charge in [-0.05, 0) is 6.54 Å². The Balaban J connectivity index is 3.23. The van der Waals surface area contributed by atoms with E-state index in [1.807, 2.05) is 0 Å². The molecule has 0 amide bonds. The summed E-state index contributed by atoms with van der Waals surface area (Å²) in [5.74, 6) is 2.64. The second-order valence-electron chi connectivity index (χ2n) is 2.82. The molecule has 0 fully saturated rings. The van der Waals surface area contributed by atoms with Crippen molar-refractivity contribution < 1.29 is 4.74 Å². The first-order valence-corrected chi connectivity index (χ1v) is 4.70. The third-order valence-electron chi connectivity index (χ3n) is 1.85. The molecule has 0 rings (SSSR count). The van der Waals surface area contributed by atoms with Crippen LogP contribution in [0, 0.1) is 12.3 Å². The van der Waals surface area contributed by atoms with Crippen molar-refractivity contribution in [1.82, 2.24) is 10.2 Å². The lowest BCUT2D eigenvalue weighted by molar-refractivity contribution is 0.197. The standard InChI is InChI=1S/C10H20N2O/c1-4-8-12(5-2)9-6-11-7-10-13-3/h1,11H,5-10H2,2-3H3. The van der Waals surface area contributed by atoms with Crippen molar-refractivity contribution in [2.24, 2.45) is 0 Å². The number of nitrogens with zero attached hydrogens (tertiary/aromatic N) is 1. The largest absolute Gasteiger partial charge is 0.383 e. The Kier molecular flexibility index (Phi) is 9.12. The monoisotopic (exact) mass is 184 g/mol. The summed E-state index contributed by atoms with van der Waals surface area (Å²) in [5, 5.41) is 3.27. The molecule has 0 aliphatic heterocycles. The lowest BCUT2D eigenvalue weighted by atomic mass is 10.4. The van der Waals surface area contributed by atoms with Gasteiger partial charge < -0.3 is 10.1 Å². The van der Waals surface area contributed by atoms with Crippen LogP contribution in [0.2, 0.25) is 0 Å². The third kappa shape index (κ3) is 7.79. The van der Waals surface area contributed by atoms with Crippen LogP contribution >= 0.6 is 0 Å². The molecule has 0 spiro atoms. The highest BCUT2D eigenvalue weighted by Crippen LogP contribution is 1.83. The molecule has 0 aromatic carbocycles. The van der Waals surface area contributed by atoms with Gasteiger partial charge in [-0.15, -0.1) is 6.42 Å². The zero-order valence-corrected chi connectivity index (χ0v) is 8.68. The molecule has 1 N–H and O–H groups in total. The van der Waals surface area contributed by atoms with Crippen LogP contribution in [0.4, 0.5) is 0 Å². The third-order valence-corrected chi connectivity index (χ3v) is 1.85. The minimum absolute atomic E-state index is 0.739. The summed E-state index contributed by atoms with van der Waals surface area (Å²) in [7, 11) is 1.71. The molecule has 0 aliphatic carbocycles. The number of likely N-dealkylation sites (N-methyl/N-ethyl adjacent to an activating group) is 1. The van der Waals surface area contributed by atoms with Crippen LogP contribution < -0.4 is 5.32 Å². The number of ether oxygens (including phenoxy) is 1. The maximum absolute atomic E-state index is 5.22. The SMILES string of the molecule is C#CCN(CC)CCNCCOC. The average molecular weight is 184 g/mol. The fraction of sp³-hybridized carbons (Fsp3) is 0.800. The van der Waals surface area contributed by atoms with Crippen molar-refractivity contribution in [2.45, 2.75) is 6.92 Å². The van der Waals surface area contributed by atoms with Gasteiger partial charge in [-0.1, -0.05) is 12.8 Å². The molecule has 3 nitrogen and oxygen atoms in total. The zero-order valence-electron chi connectivity index (χ0n) is 8.68. The van der Waals surface area contributed by atoms with Gasteiger partial charge in [0.2, 0.25) is 0 Å². The van der Waals surface area contributed by atoms with Crippen molar-refractivity contribution in [3.8, 4) is 12.3 Å². The van der Waals surface area contributed by atoms with Crippen LogP contribution in [-0.4, -0.2) is 51.3 Å². The fourth-order valence-electron chi connectivity index (χ4n) is 1.01. The van der Waals surface area contributed by atoms with E-state index in [2.05, 4.69) is 23.1 Å². The molecule has 0 aromatic rings. The van der Waals surface area contributed by atoms with Crippen molar-refractivity contribution in [1.29, 1.82) is 0 Å². The van der Waals surface area contributed by atoms with E-state index in [1.54, 1.807) is 7.11 Å². The molecular formula is C10H20N2O. The lowest BCUT2D eigenvalue weighted by Crippen LogP contribution is -2.33. The van der Waals surface area contributed by atoms with Crippen LogP contribution in [0.15, 0.2) is 0 Å². The van der Waals surface area contributed by atoms with Crippen molar-refractivity contribution in [2.75, 3.05) is 46.4 Å². The molecule has 0 radical (unpaired) electrons. The molecule has 0 unspecified atom stereocenters. The normalized spacial score (nSPS) is 10.3. The van der Waals surface area contributed by atoms with Crippen LogP contribution in [0.5, 0.6) is 0 Å². The maximum atomic E-state index is 5.22. The fourth-order valence-corrected chi connectivity index (χ4v) is 1.01. The quantitative estimate of drug-likeness (QED) is 0.430. The van der Waals surface area contributed by atoms with Gasteiger partial charge in [0.15, 0.2) is 0 Å². The molecule has 13 heavy (non-hydrogen) atoms. The number of rotatable bonds is 8. The maximum Gasteiger partial charge on any atom is 0.0599 e. The Labute approximate surface area is 81.4 Å². The summed E-state index contributed by atoms with van der Waals surface area (Å²) in [6.45, 7) is 7.51. The molecule has 0 bridgehead atoms. The van der Waals surface area contributed by atoms with Gasteiger partial charge in [-0.2, -0.15) is 0 Å². The topological polar surface area (TPSA) is 24.5 Å². The summed E-state index contributed by atoms with van der Waals surface area (Å²) in [6.07, 6.45) is 5.22. The summed E-state index contributed by atoms with van der Waals surface area (Å²) in [5.41, 5.74) is 0. The minimum Gasteiger partial charge on any atom is -0.383 e. The Morgan fingerprint density at radius 2 is 2.23 bits per heavy atom. The second-order valence-corrected chi connectivity index (χ2v) is 2.82. The predicted octanol–water partition coefficient (Wildman–Crippen LogP) is 0.178. The van der Waals surface area contributed by atoms with Gasteiger partial charge in [-0.25, -0.2) is 0 Å². The van der Waals surface area contributed by atoms with Crippen LogP contribution in [0.25, 0.3) is 0 Å². The Hall–Kier alpha value is -0.560. The van der Waals surface area contributed by atoms with Gasteiger partial charge in [-0.3, -0.25) is 4.90 Å². The number of hydrogen-bond donors (Lipinski definition) is 1. The number of terminal acetylenes is 1. The average Bonchev–Trinajstić information content (AvgIpc) is 2.16. The van der Waals surface area contributed by atoms with E-state index in [1.165, 1.54) is 0 Å². The summed E-state index contributed by atoms with van der Waals surface area (Å²) >= 11 is 0. The van der Waals surface area contributed by atoms with E-state index in [4.69, 9.17) is 11.2 Å². The number of nitrogens with one attached hydrogen (secondary N) is 1. The highest BCUT2D eigenvalue weighted by atomic mass is 16.5. The van der Waals surface area contributed by atoms with Crippen LogP contribution in [0.3, 0.4) is 0 Å². The van der Waals surface area contributed by atoms with Crippen LogP contribution in [0.1, 0.15) is 6.92 Å². The van der Waals surface area contributed by atoms with E-state index >= 15 is 0 Å². The van der Waals surface area contributed by atoms with E-state index in [-0.39, 0.29) is 0 Å². The van der Waals surface area contributed by atoms with Gasteiger partial charge in [0, 0.05) is 26.7 Å². The number of hydrogen-bond acceptors (Lipinski definition) is 3. The molecule has 3 heteroatoms. The summed E-state index contributed by atoms with van der Waals surface area (Å²) in [6, 6.07) is 0. The van der Waals surface area contributed by atoms with Crippen molar-refractivity contribution >= 4 is 0 Å². The van der Waals surface area contributed by atoms with Gasteiger partial charge in [0.25, 0.3) is 0 Å². The highest BCUT2D eigenvalue weighted by molar-refractivity contribution is 4.87. The van der Waals surface area contributed by atoms with E-state index in [0.29, 0.717) is 0 Å². The first-order chi connectivity index (χ1) is 6.35. The molecule has 0 aliphatic rings. The molecule has 0 atom stereocenters. The molecule has 0 saturated heterocycles. The Bertz CT molecular complexity index is 142. The smallest absolute Gasteiger partial charge is 0.0599 e. The summed E-state index contributed by atoms with van der Waals surface area (Å²) < 4.78 is 4.91. The van der Waals surface area contributed by atoms with Crippen LogP contribution in [-0.2, 0) is 4.74 Å². The number of methoxy groups -OCH3 is 1.